The van der Waals surface area contributed by atoms with E-state index >= 15 is 0 Å². The van der Waals surface area contributed by atoms with Crippen LogP contribution in [0.1, 0.15) is 256 Å². The number of benzene rings is 5. The van der Waals surface area contributed by atoms with Crippen molar-refractivity contribution in [2.24, 2.45) is 17.8 Å². The standard InChI is InChI=1S/C75H93BN2S/c1-43-28-51-55(72(12,13)25-22-68(51,4)5)37-59(43)78-60-38-56-54(71(10,11)24-26-73(56,14)15)36-58(60)76-64-61(32-47(33-62(64)78)75-40-44-29-45(41-75)31-46(30-44)42-75)77(48-18-19-50-52(34-48)69(6,7)21-20-67(50,2)3)65-49-35-53-57(39-63(49)79-66(65)76)74(16,17)27-23-70(53,8)9/h18-19,28,32-39,44-46H,20-27,29-31,40-42H2,1-17H3. The molecule has 79 heavy (non-hydrogen) atoms. The third kappa shape index (κ3) is 7.19. The van der Waals surface area contributed by atoms with Crippen LogP contribution in [-0.2, 0) is 48.7 Å². The summed E-state index contributed by atoms with van der Waals surface area (Å²) in [6.07, 6.45) is 18.1. The molecule has 2 aliphatic heterocycles. The van der Waals surface area contributed by atoms with Crippen molar-refractivity contribution in [2.75, 3.05) is 9.80 Å². The van der Waals surface area contributed by atoms with E-state index in [1.54, 1.807) is 54.8 Å². The molecule has 8 aliphatic carbocycles. The molecule has 3 heterocycles. The van der Waals surface area contributed by atoms with Gasteiger partial charge in [0.1, 0.15) is 0 Å². The summed E-state index contributed by atoms with van der Waals surface area (Å²) in [7, 11) is 0. The highest BCUT2D eigenvalue weighted by atomic mass is 32.1. The van der Waals surface area contributed by atoms with E-state index in [4.69, 9.17) is 0 Å². The predicted octanol–water partition coefficient (Wildman–Crippen LogP) is 19.2. The molecular formula is C75H93BN2S. The first-order valence-corrected chi connectivity index (χ1v) is 32.6. The summed E-state index contributed by atoms with van der Waals surface area (Å²) in [5, 5.41) is 1.47. The first kappa shape index (κ1) is 51.6. The molecule has 0 unspecified atom stereocenters. The molecule has 10 aliphatic rings. The van der Waals surface area contributed by atoms with Gasteiger partial charge < -0.3 is 9.80 Å². The minimum atomic E-state index is 0.0640. The Bertz CT molecular complexity index is 3620. The lowest BCUT2D eigenvalue weighted by Crippen LogP contribution is -2.61. The fourth-order valence-corrected chi connectivity index (χ4v) is 20.9. The number of fused-ring (bicyclic) bond motifs is 10. The van der Waals surface area contributed by atoms with Crippen molar-refractivity contribution >= 4 is 78.0 Å². The fourth-order valence-electron chi connectivity index (χ4n) is 19.6. The summed E-state index contributed by atoms with van der Waals surface area (Å²) in [6.45, 7) is 43.1. The molecule has 4 heteroatoms. The van der Waals surface area contributed by atoms with Crippen LogP contribution in [0, 0.1) is 24.7 Å². The van der Waals surface area contributed by atoms with Crippen molar-refractivity contribution in [1.29, 1.82) is 0 Å². The largest absolute Gasteiger partial charge is 0.311 e. The number of rotatable bonds is 3. The van der Waals surface area contributed by atoms with Crippen LogP contribution in [0.15, 0.2) is 66.7 Å². The normalized spacial score (nSPS) is 28.5. The quantitative estimate of drug-likeness (QED) is 0.163. The van der Waals surface area contributed by atoms with Gasteiger partial charge in [-0.05, 0) is 278 Å². The average molecular weight is 1070 g/mol. The monoisotopic (exact) mass is 1060 g/mol. The van der Waals surface area contributed by atoms with Crippen molar-refractivity contribution < 1.29 is 0 Å². The molecule has 4 fully saturated rings. The molecule has 2 nitrogen and oxygen atoms in total. The number of nitrogens with zero attached hydrogens (tertiary/aromatic N) is 2. The highest BCUT2D eigenvalue weighted by Gasteiger charge is 2.55. The third-order valence-corrected chi connectivity index (χ3v) is 26.0. The minimum Gasteiger partial charge on any atom is -0.311 e. The summed E-state index contributed by atoms with van der Waals surface area (Å²) in [4.78, 5) is 5.83. The Morgan fingerprint density at radius 3 is 1.35 bits per heavy atom. The summed E-state index contributed by atoms with van der Waals surface area (Å²) >= 11 is 2.15. The summed E-state index contributed by atoms with van der Waals surface area (Å²) in [6, 6.07) is 30.1. The molecule has 4 saturated carbocycles. The zero-order chi connectivity index (χ0) is 55.5. The van der Waals surface area contributed by atoms with Crippen LogP contribution in [-0.4, -0.2) is 6.71 Å². The first-order chi connectivity index (χ1) is 36.9. The van der Waals surface area contributed by atoms with Gasteiger partial charge in [0.15, 0.2) is 0 Å². The van der Waals surface area contributed by atoms with Crippen LogP contribution in [0.25, 0.3) is 10.1 Å². The molecule has 6 aromatic rings. The molecule has 4 bridgehead atoms. The maximum Gasteiger partial charge on any atom is 0.264 e. The van der Waals surface area contributed by atoms with Gasteiger partial charge in [-0.3, -0.25) is 0 Å². The van der Waals surface area contributed by atoms with Crippen LogP contribution >= 0.6 is 11.3 Å². The second-order valence-corrected chi connectivity index (χ2v) is 35.0. The van der Waals surface area contributed by atoms with Gasteiger partial charge in [-0.2, -0.15) is 0 Å². The number of aryl methyl sites for hydroxylation is 1. The van der Waals surface area contributed by atoms with Gasteiger partial charge in [0, 0.05) is 43.3 Å². The third-order valence-electron chi connectivity index (χ3n) is 24.8. The number of hydrogen-bond donors (Lipinski definition) is 0. The van der Waals surface area contributed by atoms with Gasteiger partial charge in [0.2, 0.25) is 0 Å². The molecular weight excluding hydrogens is 972 g/mol. The van der Waals surface area contributed by atoms with E-state index in [0.29, 0.717) is 0 Å². The number of anilines is 6. The Hall–Kier alpha value is -4.28. The maximum atomic E-state index is 2.92. The van der Waals surface area contributed by atoms with Gasteiger partial charge in [0.05, 0.1) is 5.69 Å². The van der Waals surface area contributed by atoms with Crippen LogP contribution < -0.4 is 25.5 Å². The van der Waals surface area contributed by atoms with Crippen LogP contribution in [0.3, 0.4) is 0 Å². The Labute approximate surface area is 481 Å². The molecule has 412 valence electrons. The van der Waals surface area contributed by atoms with E-state index in [0.717, 1.165) is 17.8 Å². The molecule has 0 radical (unpaired) electrons. The van der Waals surface area contributed by atoms with Crippen molar-refractivity contribution in [3.05, 3.63) is 122 Å². The zero-order valence-corrected chi connectivity index (χ0v) is 52.7. The van der Waals surface area contributed by atoms with Gasteiger partial charge in [-0.1, -0.05) is 129 Å². The van der Waals surface area contributed by atoms with Gasteiger partial charge in [-0.15, -0.1) is 11.3 Å². The van der Waals surface area contributed by atoms with Crippen LogP contribution in [0.4, 0.5) is 34.1 Å². The molecule has 0 atom stereocenters. The maximum absolute atomic E-state index is 2.92. The molecule has 0 saturated heterocycles. The summed E-state index contributed by atoms with van der Waals surface area (Å²) < 4.78 is 3.01. The highest BCUT2D eigenvalue weighted by molar-refractivity contribution is 7.33. The number of thiophene rings is 1. The Morgan fingerprint density at radius 2 is 0.835 bits per heavy atom. The van der Waals surface area contributed by atoms with Gasteiger partial charge >= 0.3 is 0 Å². The summed E-state index contributed by atoms with van der Waals surface area (Å²) in [5.41, 5.74) is 28.1. The summed E-state index contributed by atoms with van der Waals surface area (Å²) in [5.74, 6) is 2.55. The minimum absolute atomic E-state index is 0.0640. The van der Waals surface area contributed by atoms with Crippen LogP contribution in [0.2, 0.25) is 0 Å². The van der Waals surface area contributed by atoms with Crippen molar-refractivity contribution in [1.82, 2.24) is 0 Å². The molecule has 1 aromatic heterocycles. The van der Waals surface area contributed by atoms with Crippen LogP contribution in [0.5, 0.6) is 0 Å². The molecule has 5 aromatic carbocycles. The van der Waals surface area contributed by atoms with E-state index in [-0.39, 0.29) is 55.4 Å². The molecule has 16 rings (SSSR count). The van der Waals surface area contributed by atoms with Crippen molar-refractivity contribution in [3.63, 3.8) is 0 Å². The lowest BCUT2D eigenvalue weighted by Gasteiger charge is -2.57. The van der Waals surface area contributed by atoms with E-state index in [1.165, 1.54) is 151 Å². The van der Waals surface area contributed by atoms with Gasteiger partial charge in [-0.25, -0.2) is 0 Å². The van der Waals surface area contributed by atoms with Crippen molar-refractivity contribution in [2.45, 2.75) is 256 Å². The predicted molar refractivity (Wildman–Crippen MR) is 342 cm³/mol. The lowest BCUT2D eigenvalue weighted by molar-refractivity contribution is -0.00514. The lowest BCUT2D eigenvalue weighted by atomic mass is 9.35. The SMILES string of the molecule is Cc1cc2c(cc1N1c3cc4c(cc3B3c5sc6cc7c(cc6c5N(c5ccc6c(c5)C(C)(C)CCC6(C)C)c5cc(C68CC9CC(CC(C9)C6)C8)cc1c53)C(C)(C)CCC7(C)C)C(C)(C)CCC4(C)C)C(C)(C)CCC2(C)C. The number of hydrogen-bond acceptors (Lipinski definition) is 3. The van der Waals surface area contributed by atoms with E-state index in [1.807, 2.05) is 0 Å². The average Bonchev–Trinajstić information content (AvgIpc) is 2.40. The fraction of sp³-hybridized carbons (Fsp3) is 0.573. The van der Waals surface area contributed by atoms with E-state index < -0.39 is 0 Å². The Balaban J connectivity index is 1.11. The van der Waals surface area contributed by atoms with Crippen molar-refractivity contribution in [3.8, 4) is 0 Å². The van der Waals surface area contributed by atoms with E-state index in [2.05, 4.69) is 206 Å². The Morgan fingerprint density at radius 1 is 0.418 bits per heavy atom. The zero-order valence-electron chi connectivity index (χ0n) is 51.9. The van der Waals surface area contributed by atoms with Gasteiger partial charge in [0.25, 0.3) is 6.71 Å². The molecule has 0 spiro atoms. The highest BCUT2D eigenvalue weighted by Crippen LogP contribution is 2.63. The second kappa shape index (κ2) is 15.9. The Kier molecular flexibility index (Phi) is 10.4. The second-order valence-electron chi connectivity index (χ2n) is 33.9. The smallest absolute Gasteiger partial charge is 0.264 e. The van der Waals surface area contributed by atoms with E-state index in [9.17, 15) is 0 Å². The first-order valence-electron chi connectivity index (χ1n) is 31.8. The topological polar surface area (TPSA) is 6.48 Å². The molecule has 0 amide bonds. The molecule has 0 N–H and O–H groups in total.